The van der Waals surface area contributed by atoms with Gasteiger partial charge in [0.25, 0.3) is 0 Å². The Morgan fingerprint density at radius 1 is 1.47 bits per heavy atom. The van der Waals surface area contributed by atoms with Crippen molar-refractivity contribution in [2.45, 2.75) is 51.7 Å². The summed E-state index contributed by atoms with van der Waals surface area (Å²) in [5.74, 6) is 0.574. The summed E-state index contributed by atoms with van der Waals surface area (Å²) in [6.45, 7) is 9.41. The zero-order valence-electron chi connectivity index (χ0n) is 10.4. The molecular formula is C12H26N2O. The van der Waals surface area contributed by atoms with E-state index in [1.165, 1.54) is 12.8 Å². The largest absolute Gasteiger partial charge is 0.374 e. The van der Waals surface area contributed by atoms with Crippen LogP contribution in [-0.2, 0) is 4.74 Å². The minimum Gasteiger partial charge on any atom is -0.374 e. The maximum absolute atomic E-state index is 5.97. The Bertz CT molecular complexity index is 176. The highest BCUT2D eigenvalue weighted by molar-refractivity contribution is 4.82. The van der Waals surface area contributed by atoms with Gasteiger partial charge in [-0.2, -0.15) is 0 Å². The van der Waals surface area contributed by atoms with Crippen LogP contribution in [0.1, 0.15) is 40.0 Å². The van der Waals surface area contributed by atoms with Crippen molar-refractivity contribution in [3.05, 3.63) is 0 Å². The quantitative estimate of drug-likeness (QED) is 0.659. The van der Waals surface area contributed by atoms with Gasteiger partial charge >= 0.3 is 0 Å². The number of nitrogens with two attached hydrogens (primary N) is 1. The summed E-state index contributed by atoms with van der Waals surface area (Å²) < 4.78 is 5.70. The van der Waals surface area contributed by atoms with Gasteiger partial charge in [0.1, 0.15) is 0 Å². The highest BCUT2D eigenvalue weighted by Gasteiger charge is 2.28. The Morgan fingerprint density at radius 3 is 2.73 bits per heavy atom. The minimum absolute atomic E-state index is 0.0714. The number of hydrogen-bond donors (Lipinski definition) is 2. The van der Waals surface area contributed by atoms with Crippen molar-refractivity contribution >= 4 is 0 Å². The molecule has 90 valence electrons. The molecule has 1 aliphatic rings. The molecule has 1 saturated heterocycles. The fourth-order valence-electron chi connectivity index (χ4n) is 1.93. The van der Waals surface area contributed by atoms with Crippen LogP contribution in [0.3, 0.4) is 0 Å². The molecule has 15 heavy (non-hydrogen) atoms. The van der Waals surface area contributed by atoms with Crippen LogP contribution >= 0.6 is 0 Å². The van der Waals surface area contributed by atoms with E-state index in [0.29, 0.717) is 12.0 Å². The molecule has 0 aromatic heterocycles. The summed E-state index contributed by atoms with van der Waals surface area (Å²) in [4.78, 5) is 0. The van der Waals surface area contributed by atoms with E-state index in [4.69, 9.17) is 10.5 Å². The molecule has 0 spiro atoms. The van der Waals surface area contributed by atoms with Crippen molar-refractivity contribution in [1.82, 2.24) is 5.32 Å². The first kappa shape index (κ1) is 12.9. The Hall–Kier alpha value is -0.120. The van der Waals surface area contributed by atoms with Gasteiger partial charge in [-0.05, 0) is 38.6 Å². The number of rotatable bonds is 6. The molecule has 2 atom stereocenters. The van der Waals surface area contributed by atoms with Crippen molar-refractivity contribution < 1.29 is 4.74 Å². The molecule has 1 rings (SSSR count). The second-order valence-electron chi connectivity index (χ2n) is 5.28. The van der Waals surface area contributed by atoms with E-state index in [-0.39, 0.29) is 5.60 Å². The highest BCUT2D eigenvalue weighted by Crippen LogP contribution is 2.23. The second kappa shape index (κ2) is 5.83. The Labute approximate surface area is 93.8 Å². The summed E-state index contributed by atoms with van der Waals surface area (Å²) in [5, 5.41) is 3.45. The van der Waals surface area contributed by atoms with Crippen molar-refractivity contribution in [2.75, 3.05) is 19.7 Å². The van der Waals surface area contributed by atoms with Gasteiger partial charge in [0.05, 0.1) is 5.60 Å². The summed E-state index contributed by atoms with van der Waals surface area (Å²) in [6, 6.07) is 0.315. The average molecular weight is 214 g/mol. The van der Waals surface area contributed by atoms with Gasteiger partial charge in [-0.3, -0.25) is 0 Å². The number of nitrogens with one attached hydrogen (secondary N) is 1. The summed E-state index contributed by atoms with van der Waals surface area (Å²) >= 11 is 0. The van der Waals surface area contributed by atoms with E-state index >= 15 is 0 Å². The normalized spacial score (nSPS) is 28.6. The van der Waals surface area contributed by atoms with Crippen LogP contribution in [0.4, 0.5) is 0 Å². The van der Waals surface area contributed by atoms with E-state index in [1.807, 2.05) is 0 Å². The zero-order valence-corrected chi connectivity index (χ0v) is 10.4. The van der Waals surface area contributed by atoms with Crippen LogP contribution in [0.2, 0.25) is 0 Å². The third kappa shape index (κ3) is 4.49. The van der Waals surface area contributed by atoms with Crippen molar-refractivity contribution in [1.29, 1.82) is 0 Å². The van der Waals surface area contributed by atoms with E-state index in [9.17, 15) is 0 Å². The van der Waals surface area contributed by atoms with Crippen LogP contribution in [0.15, 0.2) is 0 Å². The molecule has 2 unspecified atom stereocenters. The molecule has 0 aromatic carbocycles. The van der Waals surface area contributed by atoms with Crippen LogP contribution in [0, 0.1) is 5.92 Å². The lowest BCUT2D eigenvalue weighted by molar-refractivity contribution is 0.0209. The van der Waals surface area contributed by atoms with Crippen molar-refractivity contribution in [2.24, 2.45) is 11.7 Å². The Morgan fingerprint density at radius 2 is 2.20 bits per heavy atom. The summed E-state index contributed by atoms with van der Waals surface area (Å²) in [7, 11) is 0. The molecule has 0 bridgehead atoms. The molecule has 0 amide bonds. The SMILES string of the molecule is CC(C)C(N)CCNCC1(C)CCCO1. The Balaban J connectivity index is 2.06. The Kier molecular flexibility index (Phi) is 5.03. The standard InChI is InChI=1S/C12H26N2O/c1-10(2)11(13)5-7-14-9-12(3)6-4-8-15-12/h10-11,14H,4-9,13H2,1-3H3. The first-order valence-corrected chi connectivity index (χ1v) is 6.14. The summed E-state index contributed by atoms with van der Waals surface area (Å²) in [5.41, 5.74) is 6.04. The predicted molar refractivity (Wildman–Crippen MR) is 63.9 cm³/mol. The molecule has 3 heteroatoms. The topological polar surface area (TPSA) is 47.3 Å². The van der Waals surface area contributed by atoms with Gasteiger partial charge in [-0.25, -0.2) is 0 Å². The van der Waals surface area contributed by atoms with Crippen molar-refractivity contribution in [3.63, 3.8) is 0 Å². The fourth-order valence-corrected chi connectivity index (χ4v) is 1.93. The highest BCUT2D eigenvalue weighted by atomic mass is 16.5. The molecule has 1 fully saturated rings. The van der Waals surface area contributed by atoms with Gasteiger partial charge in [-0.1, -0.05) is 13.8 Å². The monoisotopic (exact) mass is 214 g/mol. The smallest absolute Gasteiger partial charge is 0.0779 e. The molecule has 1 aliphatic heterocycles. The first-order valence-electron chi connectivity index (χ1n) is 6.14. The third-order valence-corrected chi connectivity index (χ3v) is 3.31. The molecule has 0 radical (unpaired) electrons. The van der Waals surface area contributed by atoms with Crippen LogP contribution in [0.5, 0.6) is 0 Å². The van der Waals surface area contributed by atoms with Gasteiger partial charge in [-0.15, -0.1) is 0 Å². The van der Waals surface area contributed by atoms with Gasteiger partial charge < -0.3 is 15.8 Å². The molecule has 3 N–H and O–H groups in total. The van der Waals surface area contributed by atoms with Crippen LogP contribution in [-0.4, -0.2) is 31.3 Å². The number of hydrogen-bond acceptors (Lipinski definition) is 3. The van der Waals surface area contributed by atoms with E-state index in [2.05, 4.69) is 26.1 Å². The predicted octanol–water partition coefficient (Wildman–Crippen LogP) is 1.52. The lowest BCUT2D eigenvalue weighted by Gasteiger charge is -2.24. The number of ether oxygens (including phenoxy) is 1. The van der Waals surface area contributed by atoms with Crippen molar-refractivity contribution in [3.8, 4) is 0 Å². The third-order valence-electron chi connectivity index (χ3n) is 3.31. The zero-order chi connectivity index (χ0) is 11.3. The molecule has 0 saturated carbocycles. The maximum Gasteiger partial charge on any atom is 0.0779 e. The van der Waals surface area contributed by atoms with Gasteiger partial charge in [0.2, 0.25) is 0 Å². The second-order valence-corrected chi connectivity index (χ2v) is 5.28. The van der Waals surface area contributed by atoms with E-state index in [1.54, 1.807) is 0 Å². The van der Waals surface area contributed by atoms with E-state index < -0.39 is 0 Å². The maximum atomic E-state index is 5.97. The van der Waals surface area contributed by atoms with Gasteiger partial charge in [0, 0.05) is 19.2 Å². The lowest BCUT2D eigenvalue weighted by atomic mass is 10.0. The molecule has 1 heterocycles. The van der Waals surface area contributed by atoms with Crippen LogP contribution in [0.25, 0.3) is 0 Å². The molecule has 3 nitrogen and oxygen atoms in total. The molecule has 0 aliphatic carbocycles. The molecular weight excluding hydrogens is 188 g/mol. The summed E-state index contributed by atoms with van der Waals surface area (Å²) in [6.07, 6.45) is 3.42. The lowest BCUT2D eigenvalue weighted by Crippen LogP contribution is -2.39. The molecule has 0 aromatic rings. The van der Waals surface area contributed by atoms with Crippen LogP contribution < -0.4 is 11.1 Å². The average Bonchev–Trinajstić information content (AvgIpc) is 2.60. The van der Waals surface area contributed by atoms with Gasteiger partial charge in [0.15, 0.2) is 0 Å². The van der Waals surface area contributed by atoms with E-state index in [0.717, 1.165) is 26.1 Å². The minimum atomic E-state index is 0.0714. The fraction of sp³-hybridized carbons (Fsp3) is 1.00. The first-order chi connectivity index (χ1) is 7.03.